The molecule has 0 fully saturated rings. The first-order valence-corrected chi connectivity index (χ1v) is 5.10. The molecule has 0 saturated heterocycles. The lowest BCUT2D eigenvalue weighted by Crippen LogP contribution is -2.16. The van der Waals surface area contributed by atoms with Gasteiger partial charge in [-0.05, 0) is 24.1 Å². The molecular weight excluding hydrogens is 228 g/mol. The highest BCUT2D eigenvalue weighted by atomic mass is 35.5. The normalized spacial score (nSPS) is 12.9. The van der Waals surface area contributed by atoms with Crippen LogP contribution in [0, 0.1) is 0 Å². The van der Waals surface area contributed by atoms with Crippen LogP contribution in [0.2, 0.25) is 10.0 Å². The summed E-state index contributed by atoms with van der Waals surface area (Å²) in [6.45, 7) is 0.445. The monoisotopic (exact) mass is 237 g/mol. The van der Waals surface area contributed by atoms with E-state index in [9.17, 15) is 0 Å². The van der Waals surface area contributed by atoms with Crippen LogP contribution >= 0.6 is 34.8 Å². The van der Waals surface area contributed by atoms with Gasteiger partial charge >= 0.3 is 0 Å². The molecule has 2 N–H and O–H groups in total. The van der Waals surface area contributed by atoms with E-state index in [4.69, 9.17) is 40.5 Å². The molecule has 1 atom stereocenters. The van der Waals surface area contributed by atoms with E-state index in [-0.39, 0.29) is 5.38 Å². The topological polar surface area (TPSA) is 26.0 Å². The van der Waals surface area contributed by atoms with Gasteiger partial charge < -0.3 is 5.73 Å². The molecule has 0 spiro atoms. The molecule has 1 aromatic carbocycles. The van der Waals surface area contributed by atoms with Gasteiger partial charge in [-0.25, -0.2) is 0 Å². The Hall–Kier alpha value is 0.0500. The number of rotatable bonds is 3. The first kappa shape index (κ1) is 11.1. The molecule has 0 saturated carbocycles. The van der Waals surface area contributed by atoms with Crippen molar-refractivity contribution in [3.05, 3.63) is 33.8 Å². The van der Waals surface area contributed by atoms with E-state index in [1.54, 1.807) is 12.1 Å². The minimum atomic E-state index is -0.0707. The van der Waals surface area contributed by atoms with Crippen LogP contribution < -0.4 is 5.73 Å². The summed E-state index contributed by atoms with van der Waals surface area (Å²) in [5.74, 6) is 0. The molecule has 72 valence electrons. The van der Waals surface area contributed by atoms with Crippen LogP contribution in [0.4, 0.5) is 0 Å². The number of benzene rings is 1. The smallest absolute Gasteiger partial charge is 0.0499 e. The van der Waals surface area contributed by atoms with Crippen molar-refractivity contribution >= 4 is 34.8 Å². The SMILES string of the molecule is NCC(Cl)Cc1ccc(Cl)cc1Cl. The quantitative estimate of drug-likeness (QED) is 0.805. The second kappa shape index (κ2) is 5.06. The van der Waals surface area contributed by atoms with Crippen LogP contribution in [0.5, 0.6) is 0 Å². The van der Waals surface area contributed by atoms with E-state index in [1.807, 2.05) is 6.07 Å². The van der Waals surface area contributed by atoms with Gasteiger partial charge in [0.25, 0.3) is 0 Å². The van der Waals surface area contributed by atoms with Gasteiger partial charge in [0.15, 0.2) is 0 Å². The van der Waals surface area contributed by atoms with E-state index in [0.29, 0.717) is 23.0 Å². The lowest BCUT2D eigenvalue weighted by molar-refractivity contribution is 0.842. The lowest BCUT2D eigenvalue weighted by atomic mass is 10.1. The Morgan fingerprint density at radius 2 is 2.00 bits per heavy atom. The van der Waals surface area contributed by atoms with Gasteiger partial charge in [0.05, 0.1) is 0 Å². The lowest BCUT2D eigenvalue weighted by Gasteiger charge is -2.08. The molecule has 0 heterocycles. The Bertz CT molecular complexity index is 288. The van der Waals surface area contributed by atoms with Crippen LogP contribution in [-0.4, -0.2) is 11.9 Å². The van der Waals surface area contributed by atoms with Gasteiger partial charge in [-0.15, -0.1) is 11.6 Å². The average molecular weight is 239 g/mol. The van der Waals surface area contributed by atoms with Gasteiger partial charge in [-0.2, -0.15) is 0 Å². The fraction of sp³-hybridized carbons (Fsp3) is 0.333. The Labute approximate surface area is 92.8 Å². The van der Waals surface area contributed by atoms with Crippen LogP contribution in [-0.2, 0) is 6.42 Å². The molecule has 1 aromatic rings. The third-order valence-corrected chi connectivity index (χ3v) is 2.63. The van der Waals surface area contributed by atoms with Gasteiger partial charge in [0.2, 0.25) is 0 Å². The molecule has 1 unspecified atom stereocenters. The standard InChI is InChI=1S/C9H10Cl3N/c10-7-2-1-6(9(12)4-7)3-8(11)5-13/h1-2,4,8H,3,5,13H2. The maximum atomic E-state index is 5.95. The summed E-state index contributed by atoms with van der Waals surface area (Å²) in [5, 5.41) is 1.21. The molecule has 1 nitrogen and oxygen atoms in total. The zero-order valence-corrected chi connectivity index (χ0v) is 9.20. The molecular formula is C9H10Cl3N. The molecule has 0 bridgehead atoms. The summed E-state index contributed by atoms with van der Waals surface area (Å²) < 4.78 is 0. The third kappa shape index (κ3) is 3.35. The van der Waals surface area contributed by atoms with Crippen molar-refractivity contribution in [2.75, 3.05) is 6.54 Å². The molecule has 0 aliphatic carbocycles. The van der Waals surface area contributed by atoms with Crippen molar-refractivity contribution in [3.8, 4) is 0 Å². The Morgan fingerprint density at radius 1 is 1.31 bits per heavy atom. The summed E-state index contributed by atoms with van der Waals surface area (Å²) in [4.78, 5) is 0. The van der Waals surface area contributed by atoms with Crippen LogP contribution in [0.1, 0.15) is 5.56 Å². The number of hydrogen-bond donors (Lipinski definition) is 1. The molecule has 0 aromatic heterocycles. The summed E-state index contributed by atoms with van der Waals surface area (Å²) in [7, 11) is 0. The fourth-order valence-corrected chi connectivity index (χ4v) is 1.66. The van der Waals surface area contributed by atoms with E-state index in [0.717, 1.165) is 5.56 Å². The number of alkyl halides is 1. The number of nitrogens with two attached hydrogens (primary N) is 1. The molecule has 0 radical (unpaired) electrons. The molecule has 4 heteroatoms. The Balaban J connectivity index is 2.77. The zero-order valence-electron chi connectivity index (χ0n) is 6.93. The third-order valence-electron chi connectivity index (χ3n) is 1.71. The van der Waals surface area contributed by atoms with Gasteiger partial charge in [-0.3, -0.25) is 0 Å². The highest BCUT2D eigenvalue weighted by molar-refractivity contribution is 6.35. The van der Waals surface area contributed by atoms with E-state index < -0.39 is 0 Å². The van der Waals surface area contributed by atoms with Crippen molar-refractivity contribution < 1.29 is 0 Å². The largest absolute Gasteiger partial charge is 0.329 e. The highest BCUT2D eigenvalue weighted by Gasteiger charge is 2.06. The van der Waals surface area contributed by atoms with Crippen molar-refractivity contribution in [2.24, 2.45) is 5.73 Å². The predicted molar refractivity (Wildman–Crippen MR) is 58.9 cm³/mol. The second-order valence-electron chi connectivity index (χ2n) is 2.77. The van der Waals surface area contributed by atoms with E-state index >= 15 is 0 Å². The summed E-state index contributed by atoms with van der Waals surface area (Å²) >= 11 is 17.6. The minimum Gasteiger partial charge on any atom is -0.329 e. The van der Waals surface area contributed by atoms with Gasteiger partial charge in [0.1, 0.15) is 0 Å². The van der Waals surface area contributed by atoms with Gasteiger partial charge in [-0.1, -0.05) is 29.3 Å². The van der Waals surface area contributed by atoms with Crippen LogP contribution in [0.3, 0.4) is 0 Å². The number of hydrogen-bond acceptors (Lipinski definition) is 1. The predicted octanol–water partition coefficient (Wildman–Crippen LogP) is 3.10. The Kier molecular flexibility index (Phi) is 4.33. The maximum absolute atomic E-state index is 5.95. The van der Waals surface area contributed by atoms with Gasteiger partial charge in [0, 0.05) is 22.0 Å². The van der Waals surface area contributed by atoms with Crippen molar-refractivity contribution in [1.82, 2.24) is 0 Å². The summed E-state index contributed by atoms with van der Waals surface area (Å²) in [5.41, 5.74) is 6.38. The second-order valence-corrected chi connectivity index (χ2v) is 4.23. The van der Waals surface area contributed by atoms with Crippen LogP contribution in [0.15, 0.2) is 18.2 Å². The highest BCUT2D eigenvalue weighted by Crippen LogP contribution is 2.22. The van der Waals surface area contributed by atoms with Crippen molar-refractivity contribution in [1.29, 1.82) is 0 Å². The van der Waals surface area contributed by atoms with Crippen molar-refractivity contribution in [2.45, 2.75) is 11.8 Å². The number of halogens is 3. The first-order chi connectivity index (χ1) is 6.13. The molecule has 0 aliphatic heterocycles. The molecule has 13 heavy (non-hydrogen) atoms. The van der Waals surface area contributed by atoms with Crippen molar-refractivity contribution in [3.63, 3.8) is 0 Å². The van der Waals surface area contributed by atoms with Crippen LogP contribution in [0.25, 0.3) is 0 Å². The average Bonchev–Trinajstić information content (AvgIpc) is 2.09. The molecule has 0 aliphatic rings. The summed E-state index contributed by atoms with van der Waals surface area (Å²) in [6.07, 6.45) is 0.675. The maximum Gasteiger partial charge on any atom is 0.0499 e. The Morgan fingerprint density at radius 3 is 2.54 bits per heavy atom. The molecule has 0 amide bonds. The zero-order chi connectivity index (χ0) is 9.84. The van der Waals surface area contributed by atoms with E-state index in [1.165, 1.54) is 0 Å². The minimum absolute atomic E-state index is 0.0707. The molecule has 1 rings (SSSR count). The first-order valence-electron chi connectivity index (χ1n) is 3.91. The van der Waals surface area contributed by atoms with E-state index in [2.05, 4.69) is 0 Å². The fourth-order valence-electron chi connectivity index (χ4n) is 1.01. The summed E-state index contributed by atoms with van der Waals surface area (Å²) in [6, 6.07) is 5.37.